The first kappa shape index (κ1) is 13.8. The standard InChI is InChI=1S/C16H17N3OS/c1-3-19(4-2)11-5-6-13-14(10-12-7-8-17-21-12)16(20)18-15(13)9-11/h5-10H,3-4H2,1-2H3,(H,18,20). The summed E-state index contributed by atoms with van der Waals surface area (Å²) in [7, 11) is 0. The molecule has 0 saturated heterocycles. The fourth-order valence-corrected chi connectivity index (χ4v) is 3.09. The third kappa shape index (κ3) is 2.56. The Bertz CT molecular complexity index is 688. The van der Waals surface area contributed by atoms with E-state index >= 15 is 0 Å². The van der Waals surface area contributed by atoms with E-state index in [2.05, 4.69) is 34.5 Å². The summed E-state index contributed by atoms with van der Waals surface area (Å²) in [5.74, 6) is -0.0462. The van der Waals surface area contributed by atoms with E-state index in [4.69, 9.17) is 0 Å². The van der Waals surface area contributed by atoms with Gasteiger partial charge in [0, 0.05) is 35.4 Å². The van der Waals surface area contributed by atoms with Crippen LogP contribution in [0.15, 0.2) is 30.5 Å². The monoisotopic (exact) mass is 299 g/mol. The summed E-state index contributed by atoms with van der Waals surface area (Å²) in [5.41, 5.74) is 3.70. The van der Waals surface area contributed by atoms with Crippen LogP contribution in [0, 0.1) is 0 Å². The predicted octanol–water partition coefficient (Wildman–Crippen LogP) is 3.48. The molecule has 3 rings (SSSR count). The minimum absolute atomic E-state index is 0.0462. The average Bonchev–Trinajstić information content (AvgIpc) is 3.09. The van der Waals surface area contributed by atoms with Crippen molar-refractivity contribution in [3.63, 3.8) is 0 Å². The summed E-state index contributed by atoms with van der Waals surface area (Å²) < 4.78 is 4.06. The van der Waals surface area contributed by atoms with Crippen LogP contribution in [0.4, 0.5) is 11.4 Å². The van der Waals surface area contributed by atoms with E-state index in [0.29, 0.717) is 5.57 Å². The molecule has 0 unspecified atom stereocenters. The van der Waals surface area contributed by atoms with Crippen molar-refractivity contribution >= 4 is 40.5 Å². The number of rotatable bonds is 4. The largest absolute Gasteiger partial charge is 0.372 e. The molecule has 0 fully saturated rings. The van der Waals surface area contributed by atoms with Gasteiger partial charge < -0.3 is 10.2 Å². The average molecular weight is 299 g/mol. The molecule has 0 atom stereocenters. The van der Waals surface area contributed by atoms with Crippen LogP contribution in [0.25, 0.3) is 11.6 Å². The summed E-state index contributed by atoms with van der Waals surface area (Å²) in [5, 5.41) is 2.95. The molecule has 4 nitrogen and oxygen atoms in total. The third-order valence-electron chi connectivity index (χ3n) is 3.66. The summed E-state index contributed by atoms with van der Waals surface area (Å²) in [4.78, 5) is 15.4. The van der Waals surface area contributed by atoms with Crippen molar-refractivity contribution < 1.29 is 4.79 Å². The first-order chi connectivity index (χ1) is 10.2. The Labute approximate surface area is 128 Å². The fraction of sp³-hybridized carbons (Fsp3) is 0.250. The van der Waals surface area contributed by atoms with E-state index in [1.807, 2.05) is 24.3 Å². The highest BCUT2D eigenvalue weighted by molar-refractivity contribution is 7.06. The number of nitrogens with zero attached hydrogens (tertiary/aromatic N) is 2. The van der Waals surface area contributed by atoms with Crippen LogP contribution in [0.5, 0.6) is 0 Å². The van der Waals surface area contributed by atoms with Crippen molar-refractivity contribution in [1.82, 2.24) is 4.37 Å². The maximum absolute atomic E-state index is 12.2. The first-order valence-corrected chi connectivity index (χ1v) is 7.83. The second-order valence-electron chi connectivity index (χ2n) is 4.83. The van der Waals surface area contributed by atoms with Gasteiger partial charge in [0.05, 0.1) is 11.3 Å². The fourth-order valence-electron chi connectivity index (χ4n) is 2.55. The van der Waals surface area contributed by atoms with Crippen LogP contribution in [-0.4, -0.2) is 23.4 Å². The van der Waals surface area contributed by atoms with Crippen LogP contribution in [0.1, 0.15) is 24.3 Å². The van der Waals surface area contributed by atoms with Gasteiger partial charge >= 0.3 is 0 Å². The molecule has 1 aliphatic heterocycles. The number of anilines is 2. The lowest BCUT2D eigenvalue weighted by atomic mass is 10.1. The van der Waals surface area contributed by atoms with E-state index in [1.54, 1.807) is 6.20 Å². The molecule has 0 spiro atoms. The highest BCUT2D eigenvalue weighted by Crippen LogP contribution is 2.36. The molecule has 0 saturated carbocycles. The summed E-state index contributed by atoms with van der Waals surface area (Å²) in [6.45, 7) is 6.16. The molecule has 21 heavy (non-hydrogen) atoms. The minimum atomic E-state index is -0.0462. The van der Waals surface area contributed by atoms with Crippen LogP contribution >= 0.6 is 11.5 Å². The zero-order valence-corrected chi connectivity index (χ0v) is 12.9. The number of benzene rings is 1. The molecule has 108 valence electrons. The van der Waals surface area contributed by atoms with Crippen LogP contribution in [0.2, 0.25) is 0 Å². The van der Waals surface area contributed by atoms with E-state index in [-0.39, 0.29) is 5.91 Å². The molecule has 0 radical (unpaired) electrons. The van der Waals surface area contributed by atoms with Gasteiger partial charge in [-0.2, -0.15) is 0 Å². The van der Waals surface area contributed by atoms with Crippen molar-refractivity contribution in [3.8, 4) is 0 Å². The number of hydrogen-bond acceptors (Lipinski definition) is 4. The van der Waals surface area contributed by atoms with Crippen molar-refractivity contribution in [3.05, 3.63) is 40.9 Å². The molecule has 5 heteroatoms. The van der Waals surface area contributed by atoms with Crippen LogP contribution in [-0.2, 0) is 4.79 Å². The number of fused-ring (bicyclic) bond motifs is 1. The number of amides is 1. The van der Waals surface area contributed by atoms with Crippen LogP contribution in [0.3, 0.4) is 0 Å². The number of nitrogens with one attached hydrogen (secondary N) is 1. The molecule has 0 bridgehead atoms. The quantitative estimate of drug-likeness (QED) is 0.879. The topological polar surface area (TPSA) is 45.2 Å². The smallest absolute Gasteiger partial charge is 0.256 e. The predicted molar refractivity (Wildman–Crippen MR) is 88.6 cm³/mol. The highest BCUT2D eigenvalue weighted by Gasteiger charge is 2.24. The van der Waals surface area contributed by atoms with Crippen molar-refractivity contribution in [1.29, 1.82) is 0 Å². The van der Waals surface area contributed by atoms with Gasteiger partial charge in [-0.05, 0) is 49.7 Å². The Hall–Kier alpha value is -2.14. The lowest BCUT2D eigenvalue weighted by molar-refractivity contribution is -0.110. The molecule has 1 aromatic carbocycles. The van der Waals surface area contributed by atoms with Crippen LogP contribution < -0.4 is 10.2 Å². The zero-order valence-electron chi connectivity index (χ0n) is 12.1. The Morgan fingerprint density at radius 1 is 1.29 bits per heavy atom. The maximum atomic E-state index is 12.2. The number of carbonyl (C=O) groups is 1. The normalized spacial score (nSPS) is 15.1. The first-order valence-electron chi connectivity index (χ1n) is 7.06. The summed E-state index contributed by atoms with van der Waals surface area (Å²) in [6, 6.07) is 8.06. The Balaban J connectivity index is 1.99. The van der Waals surface area contributed by atoms with Crippen molar-refractivity contribution in [2.75, 3.05) is 23.3 Å². The summed E-state index contributed by atoms with van der Waals surface area (Å²) in [6.07, 6.45) is 3.64. The molecule has 1 amide bonds. The Kier molecular flexibility index (Phi) is 3.75. The van der Waals surface area contributed by atoms with Crippen molar-refractivity contribution in [2.45, 2.75) is 13.8 Å². The second-order valence-corrected chi connectivity index (χ2v) is 5.69. The van der Waals surface area contributed by atoms with E-state index in [9.17, 15) is 4.79 Å². The number of aromatic nitrogens is 1. The van der Waals surface area contributed by atoms with E-state index in [1.165, 1.54) is 11.5 Å². The number of hydrogen-bond donors (Lipinski definition) is 1. The Morgan fingerprint density at radius 2 is 2.10 bits per heavy atom. The number of carbonyl (C=O) groups excluding carboxylic acids is 1. The van der Waals surface area contributed by atoms with Gasteiger partial charge in [-0.3, -0.25) is 4.79 Å². The molecular weight excluding hydrogens is 282 g/mol. The molecule has 2 heterocycles. The lowest BCUT2D eigenvalue weighted by Crippen LogP contribution is -2.21. The molecule has 1 aliphatic rings. The highest BCUT2D eigenvalue weighted by atomic mass is 32.1. The van der Waals surface area contributed by atoms with Gasteiger partial charge in [0.2, 0.25) is 0 Å². The lowest BCUT2D eigenvalue weighted by Gasteiger charge is -2.21. The van der Waals surface area contributed by atoms with Gasteiger partial charge in [-0.25, -0.2) is 4.37 Å². The zero-order chi connectivity index (χ0) is 14.8. The van der Waals surface area contributed by atoms with E-state index in [0.717, 1.165) is 34.9 Å². The molecule has 0 aliphatic carbocycles. The maximum Gasteiger partial charge on any atom is 0.256 e. The van der Waals surface area contributed by atoms with Gasteiger partial charge in [-0.1, -0.05) is 6.07 Å². The molecular formula is C16H17N3OS. The van der Waals surface area contributed by atoms with Gasteiger partial charge in [-0.15, -0.1) is 0 Å². The summed E-state index contributed by atoms with van der Waals surface area (Å²) >= 11 is 1.39. The molecule has 2 aromatic rings. The third-order valence-corrected chi connectivity index (χ3v) is 4.35. The SMILES string of the molecule is CCN(CC)c1ccc2c(c1)NC(=O)C2=Cc1ccns1. The molecule has 1 aromatic heterocycles. The second kappa shape index (κ2) is 5.69. The Morgan fingerprint density at radius 3 is 2.76 bits per heavy atom. The minimum Gasteiger partial charge on any atom is -0.372 e. The van der Waals surface area contributed by atoms with Gasteiger partial charge in [0.15, 0.2) is 0 Å². The van der Waals surface area contributed by atoms with E-state index < -0.39 is 0 Å². The molecule has 1 N–H and O–H groups in total. The van der Waals surface area contributed by atoms with Gasteiger partial charge in [0.25, 0.3) is 5.91 Å². The van der Waals surface area contributed by atoms with Crippen molar-refractivity contribution in [2.24, 2.45) is 0 Å². The van der Waals surface area contributed by atoms with Gasteiger partial charge in [0.1, 0.15) is 0 Å².